The number of aliphatic hydroxyl groups is 1. The standard InChI is InChI=1S/C29H32N2O4/c1-28(2,3)35-27(33)29(34,23-16-8-5-9-17-23)25(20-12-6-4-7-13-20)31-24-18-21-14-10-11-15-22(21)19-30-26(24)32/h4-17,24-25,31,34H,18-19H2,1-3H3,(H,30,32)/t24-,25-,29+/m1/s1. The van der Waals surface area contributed by atoms with Gasteiger partial charge in [-0.2, -0.15) is 0 Å². The van der Waals surface area contributed by atoms with Gasteiger partial charge in [0.1, 0.15) is 5.60 Å². The van der Waals surface area contributed by atoms with Crippen molar-refractivity contribution in [3.8, 4) is 0 Å². The maximum Gasteiger partial charge on any atom is 0.345 e. The van der Waals surface area contributed by atoms with E-state index in [-0.39, 0.29) is 5.91 Å². The molecule has 0 aromatic heterocycles. The number of hydrogen-bond acceptors (Lipinski definition) is 5. The zero-order valence-electron chi connectivity index (χ0n) is 20.3. The van der Waals surface area contributed by atoms with Crippen LogP contribution in [0.1, 0.15) is 49.1 Å². The fourth-order valence-corrected chi connectivity index (χ4v) is 4.44. The molecule has 0 radical (unpaired) electrons. The Morgan fingerprint density at radius 3 is 2.14 bits per heavy atom. The second kappa shape index (κ2) is 10.0. The van der Waals surface area contributed by atoms with E-state index in [1.165, 1.54) is 0 Å². The molecule has 35 heavy (non-hydrogen) atoms. The Labute approximate surface area is 206 Å². The van der Waals surface area contributed by atoms with Crippen LogP contribution in [0.2, 0.25) is 0 Å². The quantitative estimate of drug-likeness (QED) is 0.475. The third-order valence-corrected chi connectivity index (χ3v) is 6.15. The highest BCUT2D eigenvalue weighted by molar-refractivity contribution is 5.85. The van der Waals surface area contributed by atoms with Crippen molar-refractivity contribution in [1.82, 2.24) is 10.6 Å². The predicted octanol–water partition coefficient (Wildman–Crippen LogP) is 3.79. The number of fused-ring (bicyclic) bond motifs is 1. The molecule has 3 N–H and O–H groups in total. The van der Waals surface area contributed by atoms with Gasteiger partial charge < -0.3 is 15.2 Å². The molecule has 1 heterocycles. The minimum atomic E-state index is -2.10. The molecule has 0 aliphatic carbocycles. The summed E-state index contributed by atoms with van der Waals surface area (Å²) in [5, 5.41) is 18.6. The Hall–Kier alpha value is -3.48. The Morgan fingerprint density at radius 1 is 0.943 bits per heavy atom. The zero-order chi connectivity index (χ0) is 25.1. The molecule has 6 heteroatoms. The van der Waals surface area contributed by atoms with Crippen LogP contribution in [0.4, 0.5) is 0 Å². The molecule has 6 nitrogen and oxygen atoms in total. The van der Waals surface area contributed by atoms with Gasteiger partial charge in [0, 0.05) is 6.54 Å². The molecule has 182 valence electrons. The number of benzene rings is 3. The zero-order valence-corrected chi connectivity index (χ0v) is 20.3. The van der Waals surface area contributed by atoms with Crippen LogP contribution in [-0.2, 0) is 32.9 Å². The average Bonchev–Trinajstić information content (AvgIpc) is 3.00. The summed E-state index contributed by atoms with van der Waals surface area (Å²) in [5.41, 5.74) is 0.212. The molecule has 3 aromatic carbocycles. The number of ether oxygens (including phenoxy) is 1. The first-order valence-corrected chi connectivity index (χ1v) is 11.9. The number of carbonyl (C=O) groups excluding carboxylic acids is 2. The summed E-state index contributed by atoms with van der Waals surface area (Å²) in [6.45, 7) is 5.71. The van der Waals surface area contributed by atoms with E-state index in [0.717, 1.165) is 11.1 Å². The van der Waals surface area contributed by atoms with E-state index in [1.807, 2.05) is 60.7 Å². The molecule has 0 fully saturated rings. The van der Waals surface area contributed by atoms with Crippen LogP contribution < -0.4 is 10.6 Å². The maximum atomic E-state index is 13.7. The summed E-state index contributed by atoms with van der Waals surface area (Å²) >= 11 is 0. The van der Waals surface area contributed by atoms with Gasteiger partial charge in [-0.15, -0.1) is 0 Å². The Bertz CT molecular complexity index is 1170. The molecule has 0 saturated carbocycles. The topological polar surface area (TPSA) is 87.7 Å². The van der Waals surface area contributed by atoms with Gasteiger partial charge in [-0.05, 0) is 49.4 Å². The summed E-state index contributed by atoms with van der Waals surface area (Å²) in [4.78, 5) is 26.8. The van der Waals surface area contributed by atoms with Crippen LogP contribution in [0.5, 0.6) is 0 Å². The number of carbonyl (C=O) groups is 2. The lowest BCUT2D eigenvalue weighted by Crippen LogP contribution is -2.55. The van der Waals surface area contributed by atoms with E-state index in [9.17, 15) is 14.7 Å². The minimum Gasteiger partial charge on any atom is -0.458 e. The fraction of sp³-hybridized carbons (Fsp3) is 0.310. The number of nitrogens with one attached hydrogen (secondary N) is 2. The molecule has 3 atom stereocenters. The highest BCUT2D eigenvalue weighted by Gasteiger charge is 2.50. The normalized spacial score (nSPS) is 18.4. The number of esters is 1. The van der Waals surface area contributed by atoms with E-state index < -0.39 is 29.3 Å². The third-order valence-electron chi connectivity index (χ3n) is 6.15. The third kappa shape index (κ3) is 5.45. The Kier molecular flexibility index (Phi) is 7.05. The van der Waals surface area contributed by atoms with Crippen molar-refractivity contribution in [1.29, 1.82) is 0 Å². The van der Waals surface area contributed by atoms with Crippen molar-refractivity contribution in [2.24, 2.45) is 0 Å². The maximum absolute atomic E-state index is 13.7. The van der Waals surface area contributed by atoms with E-state index >= 15 is 0 Å². The lowest BCUT2D eigenvalue weighted by atomic mass is 9.81. The molecule has 0 saturated heterocycles. The van der Waals surface area contributed by atoms with E-state index in [1.54, 1.807) is 45.0 Å². The van der Waals surface area contributed by atoms with E-state index in [2.05, 4.69) is 10.6 Å². The molecular weight excluding hydrogens is 440 g/mol. The van der Waals surface area contributed by atoms with E-state index in [4.69, 9.17) is 4.74 Å². The van der Waals surface area contributed by atoms with Crippen LogP contribution >= 0.6 is 0 Å². The van der Waals surface area contributed by atoms with Gasteiger partial charge in [-0.1, -0.05) is 84.9 Å². The minimum absolute atomic E-state index is 0.193. The second-order valence-electron chi connectivity index (χ2n) is 9.89. The van der Waals surface area contributed by atoms with Crippen molar-refractivity contribution >= 4 is 11.9 Å². The molecule has 1 aliphatic heterocycles. The summed E-state index contributed by atoms with van der Waals surface area (Å²) in [5.74, 6) is -0.978. The Morgan fingerprint density at radius 2 is 1.51 bits per heavy atom. The second-order valence-corrected chi connectivity index (χ2v) is 9.89. The number of rotatable bonds is 6. The van der Waals surface area contributed by atoms with Crippen LogP contribution in [0.25, 0.3) is 0 Å². The number of hydrogen-bond donors (Lipinski definition) is 3. The summed E-state index contributed by atoms with van der Waals surface area (Å²) in [6, 6.07) is 24.2. The van der Waals surface area contributed by atoms with Crippen molar-refractivity contribution < 1.29 is 19.4 Å². The lowest BCUT2D eigenvalue weighted by molar-refractivity contribution is -0.183. The molecular formula is C29H32N2O4. The smallest absolute Gasteiger partial charge is 0.345 e. The molecule has 1 amide bonds. The van der Waals surface area contributed by atoms with Crippen LogP contribution in [0, 0.1) is 0 Å². The molecule has 3 aromatic rings. The van der Waals surface area contributed by atoms with Gasteiger partial charge in [-0.25, -0.2) is 4.79 Å². The van der Waals surface area contributed by atoms with Gasteiger partial charge in [0.05, 0.1) is 12.1 Å². The summed E-state index contributed by atoms with van der Waals surface area (Å²) in [7, 11) is 0. The molecule has 1 aliphatic rings. The number of amides is 1. The van der Waals surface area contributed by atoms with Crippen molar-refractivity contribution in [2.45, 2.75) is 57.0 Å². The Balaban J connectivity index is 1.81. The van der Waals surface area contributed by atoms with E-state index in [0.29, 0.717) is 24.1 Å². The highest BCUT2D eigenvalue weighted by atomic mass is 16.6. The largest absolute Gasteiger partial charge is 0.458 e. The average molecular weight is 473 g/mol. The molecule has 0 bridgehead atoms. The van der Waals surface area contributed by atoms with Gasteiger partial charge in [0.15, 0.2) is 0 Å². The van der Waals surface area contributed by atoms with Gasteiger partial charge in [0.2, 0.25) is 11.5 Å². The SMILES string of the molecule is CC(C)(C)OC(=O)[C@](O)(c1ccccc1)[C@H](N[C@@H]1Cc2ccccc2CNC1=O)c1ccccc1. The van der Waals surface area contributed by atoms with Crippen LogP contribution in [0.3, 0.4) is 0 Å². The summed E-state index contributed by atoms with van der Waals surface area (Å²) < 4.78 is 5.73. The van der Waals surface area contributed by atoms with Crippen LogP contribution in [0.15, 0.2) is 84.9 Å². The fourth-order valence-electron chi connectivity index (χ4n) is 4.44. The lowest BCUT2D eigenvalue weighted by Gasteiger charge is -2.39. The monoisotopic (exact) mass is 472 g/mol. The van der Waals surface area contributed by atoms with Crippen molar-refractivity contribution in [3.63, 3.8) is 0 Å². The first-order chi connectivity index (χ1) is 16.7. The first-order valence-electron chi connectivity index (χ1n) is 11.9. The van der Waals surface area contributed by atoms with Gasteiger partial charge in [-0.3, -0.25) is 10.1 Å². The molecule has 0 spiro atoms. The van der Waals surface area contributed by atoms with Gasteiger partial charge >= 0.3 is 5.97 Å². The highest BCUT2D eigenvalue weighted by Crippen LogP contribution is 2.38. The summed E-state index contributed by atoms with van der Waals surface area (Å²) in [6.07, 6.45) is 0.421. The van der Waals surface area contributed by atoms with Crippen molar-refractivity contribution in [3.05, 3.63) is 107 Å². The van der Waals surface area contributed by atoms with Crippen molar-refractivity contribution in [2.75, 3.05) is 0 Å². The predicted molar refractivity (Wildman–Crippen MR) is 134 cm³/mol. The first kappa shape index (κ1) is 24.6. The van der Waals surface area contributed by atoms with Gasteiger partial charge in [0.25, 0.3) is 0 Å². The molecule has 0 unspecified atom stereocenters. The van der Waals surface area contributed by atoms with Crippen LogP contribution in [-0.4, -0.2) is 28.6 Å². The molecule has 4 rings (SSSR count).